The quantitative estimate of drug-likeness (QED) is 0.736. The molecule has 6 heteroatoms. The van der Waals surface area contributed by atoms with Crippen molar-refractivity contribution in [2.45, 2.75) is 25.5 Å². The van der Waals surface area contributed by atoms with Crippen LogP contribution in [0.5, 0.6) is 0 Å². The Hall–Kier alpha value is -2.73. The lowest BCUT2D eigenvalue weighted by molar-refractivity contribution is -0.137. The van der Waals surface area contributed by atoms with Crippen LogP contribution in [0.3, 0.4) is 0 Å². The molecule has 0 saturated carbocycles. The molecule has 0 aromatic heterocycles. The lowest BCUT2D eigenvalue weighted by Crippen LogP contribution is -2.40. The lowest BCUT2D eigenvalue weighted by atomic mass is 10.1. The molecular weight excluding hydrogens is 311 g/mol. The second-order valence-electron chi connectivity index (χ2n) is 5.83. The van der Waals surface area contributed by atoms with Crippen LogP contribution in [0, 0.1) is 12.7 Å². The number of carbonyl (C=O) groups is 2. The van der Waals surface area contributed by atoms with Gasteiger partial charge in [0.1, 0.15) is 5.82 Å². The SMILES string of the molecule is Cc1ccc(F)cc1NC(=O)C(=O)NC1c2ccccc2CC1O. The predicted molar refractivity (Wildman–Crippen MR) is 86.8 cm³/mol. The predicted octanol–water partition coefficient (Wildman–Crippen LogP) is 1.85. The van der Waals surface area contributed by atoms with E-state index in [0.29, 0.717) is 12.0 Å². The van der Waals surface area contributed by atoms with E-state index in [2.05, 4.69) is 10.6 Å². The highest BCUT2D eigenvalue weighted by molar-refractivity contribution is 6.39. The van der Waals surface area contributed by atoms with Gasteiger partial charge in [-0.3, -0.25) is 9.59 Å². The van der Waals surface area contributed by atoms with E-state index < -0.39 is 29.8 Å². The molecule has 124 valence electrons. The van der Waals surface area contributed by atoms with E-state index in [-0.39, 0.29) is 5.69 Å². The normalized spacial score (nSPS) is 18.8. The summed E-state index contributed by atoms with van der Waals surface area (Å²) in [6.45, 7) is 1.70. The Labute approximate surface area is 138 Å². The summed E-state index contributed by atoms with van der Waals surface area (Å²) < 4.78 is 13.3. The van der Waals surface area contributed by atoms with Crippen molar-refractivity contribution in [3.8, 4) is 0 Å². The maximum Gasteiger partial charge on any atom is 0.313 e. The highest BCUT2D eigenvalue weighted by Crippen LogP contribution is 2.31. The van der Waals surface area contributed by atoms with Gasteiger partial charge in [0.25, 0.3) is 0 Å². The van der Waals surface area contributed by atoms with Crippen LogP contribution >= 0.6 is 0 Å². The molecule has 5 nitrogen and oxygen atoms in total. The lowest BCUT2D eigenvalue weighted by Gasteiger charge is -2.18. The van der Waals surface area contributed by atoms with Gasteiger partial charge in [-0.15, -0.1) is 0 Å². The van der Waals surface area contributed by atoms with Crippen molar-refractivity contribution >= 4 is 17.5 Å². The Bertz CT molecular complexity index is 807. The van der Waals surface area contributed by atoms with Gasteiger partial charge in [-0.25, -0.2) is 4.39 Å². The molecule has 0 fully saturated rings. The van der Waals surface area contributed by atoms with Gasteiger partial charge in [0.2, 0.25) is 0 Å². The molecule has 0 heterocycles. The fraction of sp³-hybridized carbons (Fsp3) is 0.222. The van der Waals surface area contributed by atoms with Gasteiger partial charge in [-0.2, -0.15) is 0 Å². The van der Waals surface area contributed by atoms with Crippen LogP contribution in [0.2, 0.25) is 0 Å². The zero-order valence-corrected chi connectivity index (χ0v) is 13.0. The van der Waals surface area contributed by atoms with E-state index in [0.717, 1.165) is 17.2 Å². The zero-order chi connectivity index (χ0) is 17.3. The standard InChI is InChI=1S/C18H17FN2O3/c1-10-6-7-12(19)9-14(10)20-17(23)18(24)21-16-13-5-3-2-4-11(13)8-15(16)22/h2-7,9,15-16,22H,8H2,1H3,(H,20,23)(H,21,24). The Morgan fingerprint density at radius 3 is 2.71 bits per heavy atom. The smallest absolute Gasteiger partial charge is 0.313 e. The summed E-state index contributed by atoms with van der Waals surface area (Å²) in [4.78, 5) is 24.2. The number of rotatable bonds is 2. The number of aliphatic hydroxyl groups is 1. The molecule has 2 amide bonds. The highest BCUT2D eigenvalue weighted by atomic mass is 19.1. The molecule has 0 radical (unpaired) electrons. The maximum atomic E-state index is 13.3. The fourth-order valence-corrected chi connectivity index (χ4v) is 2.86. The molecule has 3 rings (SSSR count). The highest BCUT2D eigenvalue weighted by Gasteiger charge is 2.33. The number of benzene rings is 2. The number of carbonyl (C=O) groups excluding carboxylic acids is 2. The second kappa shape index (κ2) is 6.41. The van der Waals surface area contributed by atoms with E-state index in [4.69, 9.17) is 0 Å². The van der Waals surface area contributed by atoms with Crippen LogP contribution in [0.15, 0.2) is 42.5 Å². The molecule has 0 spiro atoms. The Morgan fingerprint density at radius 2 is 1.92 bits per heavy atom. The molecule has 2 aromatic carbocycles. The first kappa shape index (κ1) is 16.1. The molecule has 0 saturated heterocycles. The van der Waals surface area contributed by atoms with Gasteiger partial charge < -0.3 is 15.7 Å². The first-order valence-electron chi connectivity index (χ1n) is 7.59. The minimum absolute atomic E-state index is 0.238. The van der Waals surface area contributed by atoms with Gasteiger partial charge in [-0.05, 0) is 35.7 Å². The number of aryl methyl sites for hydroxylation is 1. The third kappa shape index (κ3) is 3.14. The molecule has 0 bridgehead atoms. The van der Waals surface area contributed by atoms with Crippen molar-refractivity contribution in [1.29, 1.82) is 0 Å². The summed E-state index contributed by atoms with van der Waals surface area (Å²) >= 11 is 0. The number of amides is 2. The molecule has 2 unspecified atom stereocenters. The maximum absolute atomic E-state index is 13.3. The number of fused-ring (bicyclic) bond motifs is 1. The van der Waals surface area contributed by atoms with E-state index in [1.54, 1.807) is 6.92 Å². The molecule has 1 aliphatic carbocycles. The third-order valence-corrected chi connectivity index (χ3v) is 4.14. The summed E-state index contributed by atoms with van der Waals surface area (Å²) in [7, 11) is 0. The Morgan fingerprint density at radius 1 is 1.17 bits per heavy atom. The number of hydrogen-bond donors (Lipinski definition) is 3. The number of nitrogens with one attached hydrogen (secondary N) is 2. The average Bonchev–Trinajstić information content (AvgIpc) is 2.86. The summed E-state index contributed by atoms with van der Waals surface area (Å²) in [6, 6.07) is 10.7. The van der Waals surface area contributed by atoms with E-state index in [1.165, 1.54) is 12.1 Å². The molecule has 0 aliphatic heterocycles. The largest absolute Gasteiger partial charge is 0.390 e. The summed E-state index contributed by atoms with van der Waals surface area (Å²) in [5.74, 6) is -2.28. The number of hydrogen-bond acceptors (Lipinski definition) is 3. The minimum atomic E-state index is -0.903. The number of aliphatic hydroxyl groups excluding tert-OH is 1. The topological polar surface area (TPSA) is 78.4 Å². The summed E-state index contributed by atoms with van der Waals surface area (Å²) in [5, 5.41) is 15.1. The van der Waals surface area contributed by atoms with Crippen molar-refractivity contribution in [2.75, 3.05) is 5.32 Å². The monoisotopic (exact) mass is 328 g/mol. The second-order valence-corrected chi connectivity index (χ2v) is 5.83. The summed E-state index contributed by atoms with van der Waals surface area (Å²) in [6.07, 6.45) is -0.360. The van der Waals surface area contributed by atoms with Crippen LogP contribution in [0.1, 0.15) is 22.7 Å². The fourth-order valence-electron chi connectivity index (χ4n) is 2.86. The van der Waals surface area contributed by atoms with Crippen molar-refractivity contribution in [2.24, 2.45) is 0 Å². The van der Waals surface area contributed by atoms with Crippen molar-refractivity contribution < 1.29 is 19.1 Å². The van der Waals surface area contributed by atoms with Gasteiger partial charge in [0.15, 0.2) is 0 Å². The number of anilines is 1. The molecule has 1 aliphatic rings. The molecule has 2 aromatic rings. The van der Waals surface area contributed by atoms with E-state index >= 15 is 0 Å². The van der Waals surface area contributed by atoms with Crippen LogP contribution < -0.4 is 10.6 Å². The van der Waals surface area contributed by atoms with Gasteiger partial charge in [0.05, 0.1) is 12.1 Å². The molecule has 2 atom stereocenters. The van der Waals surface area contributed by atoms with E-state index in [9.17, 15) is 19.1 Å². The van der Waals surface area contributed by atoms with Crippen molar-refractivity contribution in [1.82, 2.24) is 5.32 Å². The van der Waals surface area contributed by atoms with Crippen LogP contribution in [0.4, 0.5) is 10.1 Å². The number of halogens is 1. The molecular formula is C18H17FN2O3. The van der Waals surface area contributed by atoms with Gasteiger partial charge >= 0.3 is 11.8 Å². The van der Waals surface area contributed by atoms with Crippen LogP contribution in [-0.2, 0) is 16.0 Å². The molecule has 3 N–H and O–H groups in total. The van der Waals surface area contributed by atoms with Crippen LogP contribution in [0.25, 0.3) is 0 Å². The zero-order valence-electron chi connectivity index (χ0n) is 13.0. The molecule has 24 heavy (non-hydrogen) atoms. The average molecular weight is 328 g/mol. The van der Waals surface area contributed by atoms with Crippen molar-refractivity contribution in [3.05, 3.63) is 65.0 Å². The first-order valence-corrected chi connectivity index (χ1v) is 7.59. The Kier molecular flexibility index (Phi) is 4.31. The first-order chi connectivity index (χ1) is 11.5. The van der Waals surface area contributed by atoms with Crippen LogP contribution in [-0.4, -0.2) is 23.0 Å². The van der Waals surface area contributed by atoms with Gasteiger partial charge in [0, 0.05) is 12.1 Å². The third-order valence-electron chi connectivity index (χ3n) is 4.14. The van der Waals surface area contributed by atoms with Crippen molar-refractivity contribution in [3.63, 3.8) is 0 Å². The Balaban J connectivity index is 1.71. The summed E-state index contributed by atoms with van der Waals surface area (Å²) in [5.41, 5.74) is 2.62. The van der Waals surface area contributed by atoms with Gasteiger partial charge in [-0.1, -0.05) is 30.3 Å². The minimum Gasteiger partial charge on any atom is -0.390 e. The van der Waals surface area contributed by atoms with E-state index in [1.807, 2.05) is 24.3 Å².